The van der Waals surface area contributed by atoms with Crippen molar-refractivity contribution in [3.05, 3.63) is 51.9 Å². The number of carbonyl (C=O) groups is 2. The van der Waals surface area contributed by atoms with Crippen molar-refractivity contribution in [2.24, 2.45) is 11.7 Å². The second-order valence-corrected chi connectivity index (χ2v) is 7.46. The summed E-state index contributed by atoms with van der Waals surface area (Å²) in [6, 6.07) is 10.1. The third-order valence-corrected chi connectivity index (χ3v) is 5.87. The van der Waals surface area contributed by atoms with Gasteiger partial charge in [-0.25, -0.2) is 0 Å². The summed E-state index contributed by atoms with van der Waals surface area (Å²) in [5.41, 5.74) is 8.07. The van der Waals surface area contributed by atoms with Crippen LogP contribution in [0.4, 0.5) is 5.00 Å². The molecule has 2 amide bonds. The van der Waals surface area contributed by atoms with Crippen LogP contribution in [0.25, 0.3) is 0 Å². The van der Waals surface area contributed by atoms with Gasteiger partial charge in [-0.15, -0.1) is 11.3 Å². The van der Waals surface area contributed by atoms with Crippen molar-refractivity contribution in [2.45, 2.75) is 39.0 Å². The van der Waals surface area contributed by atoms with E-state index in [0.29, 0.717) is 10.6 Å². The Kier molecular flexibility index (Phi) is 5.00. The van der Waals surface area contributed by atoms with E-state index in [0.717, 1.165) is 42.5 Å². The van der Waals surface area contributed by atoms with Crippen LogP contribution in [0, 0.1) is 12.8 Å². The fraction of sp³-hybridized carbons (Fsp3) is 0.368. The Morgan fingerprint density at radius 2 is 1.88 bits per heavy atom. The molecule has 1 aliphatic rings. The maximum Gasteiger partial charge on any atom is 0.251 e. The number of benzene rings is 1. The molecule has 1 aliphatic carbocycles. The van der Waals surface area contributed by atoms with E-state index in [9.17, 15) is 9.59 Å². The standard InChI is InChI=1S/C19H22N2O2S/c1-12-15(11-13-7-3-2-4-8-13)24-19(16(12)17(20)22)21-18(23)14-9-5-6-10-14/h2-4,7-8,14H,5-6,9-11H2,1H3,(H2,20,22)(H,21,23). The monoisotopic (exact) mass is 342 g/mol. The quantitative estimate of drug-likeness (QED) is 0.865. The fourth-order valence-corrected chi connectivity index (χ4v) is 4.54. The topological polar surface area (TPSA) is 72.2 Å². The molecule has 4 nitrogen and oxygen atoms in total. The van der Waals surface area contributed by atoms with Crippen molar-refractivity contribution in [1.29, 1.82) is 0 Å². The van der Waals surface area contributed by atoms with E-state index in [2.05, 4.69) is 17.4 Å². The first-order valence-electron chi connectivity index (χ1n) is 8.33. The van der Waals surface area contributed by atoms with Gasteiger partial charge in [0.1, 0.15) is 5.00 Å². The van der Waals surface area contributed by atoms with Gasteiger partial charge < -0.3 is 11.1 Å². The lowest BCUT2D eigenvalue weighted by molar-refractivity contribution is -0.119. The fourth-order valence-electron chi connectivity index (χ4n) is 3.30. The minimum Gasteiger partial charge on any atom is -0.365 e. The largest absolute Gasteiger partial charge is 0.365 e. The Bertz CT molecular complexity index is 746. The zero-order chi connectivity index (χ0) is 17.1. The van der Waals surface area contributed by atoms with E-state index >= 15 is 0 Å². The number of anilines is 1. The number of hydrogen-bond acceptors (Lipinski definition) is 3. The maximum atomic E-state index is 12.4. The second-order valence-electron chi connectivity index (χ2n) is 6.35. The summed E-state index contributed by atoms with van der Waals surface area (Å²) >= 11 is 1.46. The van der Waals surface area contributed by atoms with Gasteiger partial charge >= 0.3 is 0 Å². The SMILES string of the molecule is Cc1c(Cc2ccccc2)sc(NC(=O)C2CCCC2)c1C(N)=O. The first kappa shape index (κ1) is 16.7. The molecular weight excluding hydrogens is 320 g/mol. The van der Waals surface area contributed by atoms with Crippen LogP contribution in [0.1, 0.15) is 52.0 Å². The molecule has 0 unspecified atom stereocenters. The van der Waals surface area contributed by atoms with Crippen LogP contribution >= 0.6 is 11.3 Å². The highest BCUT2D eigenvalue weighted by atomic mass is 32.1. The molecule has 0 atom stereocenters. The summed E-state index contributed by atoms with van der Waals surface area (Å²) < 4.78 is 0. The Hall–Kier alpha value is -2.14. The van der Waals surface area contributed by atoms with Crippen LogP contribution in [0.3, 0.4) is 0 Å². The van der Waals surface area contributed by atoms with Crippen molar-refractivity contribution < 1.29 is 9.59 Å². The van der Waals surface area contributed by atoms with Gasteiger partial charge in [0.05, 0.1) is 5.56 Å². The average Bonchev–Trinajstić information content (AvgIpc) is 3.18. The van der Waals surface area contributed by atoms with Crippen molar-refractivity contribution in [1.82, 2.24) is 0 Å². The molecule has 3 rings (SSSR count). The van der Waals surface area contributed by atoms with Crippen LogP contribution in [-0.4, -0.2) is 11.8 Å². The summed E-state index contributed by atoms with van der Waals surface area (Å²) in [6.07, 6.45) is 4.79. The predicted molar refractivity (Wildman–Crippen MR) is 97.4 cm³/mol. The highest BCUT2D eigenvalue weighted by Gasteiger charge is 2.26. The Morgan fingerprint density at radius 1 is 1.21 bits per heavy atom. The minimum atomic E-state index is -0.482. The van der Waals surface area contributed by atoms with Gasteiger partial charge in [-0.2, -0.15) is 0 Å². The van der Waals surface area contributed by atoms with Crippen LogP contribution in [0.5, 0.6) is 0 Å². The molecule has 1 saturated carbocycles. The number of thiophene rings is 1. The molecular formula is C19H22N2O2S. The molecule has 24 heavy (non-hydrogen) atoms. The minimum absolute atomic E-state index is 0.0162. The molecule has 0 aliphatic heterocycles. The summed E-state index contributed by atoms with van der Waals surface area (Å²) in [6.45, 7) is 1.90. The first-order chi connectivity index (χ1) is 11.6. The maximum absolute atomic E-state index is 12.4. The number of nitrogens with two attached hydrogens (primary N) is 1. The molecule has 5 heteroatoms. The number of nitrogens with one attached hydrogen (secondary N) is 1. The van der Waals surface area contributed by atoms with E-state index in [4.69, 9.17) is 5.73 Å². The molecule has 0 spiro atoms. The van der Waals surface area contributed by atoms with Crippen LogP contribution < -0.4 is 11.1 Å². The molecule has 0 bridgehead atoms. The smallest absolute Gasteiger partial charge is 0.251 e. The molecule has 3 N–H and O–H groups in total. The zero-order valence-corrected chi connectivity index (χ0v) is 14.6. The van der Waals surface area contributed by atoms with Crippen molar-refractivity contribution in [2.75, 3.05) is 5.32 Å². The molecule has 1 heterocycles. The first-order valence-corrected chi connectivity index (χ1v) is 9.14. The molecule has 126 valence electrons. The highest BCUT2D eigenvalue weighted by molar-refractivity contribution is 7.17. The molecule has 1 fully saturated rings. The van der Waals surface area contributed by atoms with Gasteiger partial charge in [0.25, 0.3) is 5.91 Å². The summed E-state index contributed by atoms with van der Waals surface area (Å²) in [5.74, 6) is -0.405. The van der Waals surface area contributed by atoms with Gasteiger partial charge in [0, 0.05) is 17.2 Å². The summed E-state index contributed by atoms with van der Waals surface area (Å²) in [7, 11) is 0. The van der Waals surface area contributed by atoms with Gasteiger partial charge in [-0.3, -0.25) is 9.59 Å². The lowest BCUT2D eigenvalue weighted by atomic mass is 10.1. The Balaban J connectivity index is 1.86. The average molecular weight is 342 g/mol. The van der Waals surface area contributed by atoms with Gasteiger partial charge in [0.2, 0.25) is 5.91 Å². The van der Waals surface area contributed by atoms with Gasteiger partial charge in [-0.05, 0) is 30.9 Å². The van der Waals surface area contributed by atoms with E-state index in [-0.39, 0.29) is 11.8 Å². The van der Waals surface area contributed by atoms with Crippen molar-refractivity contribution in [3.63, 3.8) is 0 Å². The summed E-state index contributed by atoms with van der Waals surface area (Å²) in [4.78, 5) is 25.4. The van der Waals surface area contributed by atoms with Crippen LogP contribution in [-0.2, 0) is 11.2 Å². The lowest BCUT2D eigenvalue weighted by Crippen LogP contribution is -2.22. The van der Waals surface area contributed by atoms with Crippen molar-refractivity contribution in [3.8, 4) is 0 Å². The molecule has 0 radical (unpaired) electrons. The molecule has 0 saturated heterocycles. The third-order valence-electron chi connectivity index (χ3n) is 4.66. The van der Waals surface area contributed by atoms with E-state index in [1.807, 2.05) is 25.1 Å². The van der Waals surface area contributed by atoms with E-state index in [1.165, 1.54) is 16.9 Å². The van der Waals surface area contributed by atoms with E-state index in [1.54, 1.807) is 0 Å². The highest BCUT2D eigenvalue weighted by Crippen LogP contribution is 2.35. The molecule has 2 aromatic rings. The van der Waals surface area contributed by atoms with E-state index < -0.39 is 5.91 Å². The Labute approximate surface area is 146 Å². The lowest BCUT2D eigenvalue weighted by Gasteiger charge is -2.09. The predicted octanol–water partition coefficient (Wildman–Crippen LogP) is 3.87. The number of amides is 2. The number of rotatable bonds is 5. The number of carbonyl (C=O) groups excluding carboxylic acids is 2. The van der Waals surface area contributed by atoms with Gasteiger partial charge in [0.15, 0.2) is 0 Å². The summed E-state index contributed by atoms with van der Waals surface area (Å²) in [5, 5.41) is 3.56. The third kappa shape index (κ3) is 3.51. The number of hydrogen-bond donors (Lipinski definition) is 2. The second kappa shape index (κ2) is 7.18. The van der Waals surface area contributed by atoms with Crippen molar-refractivity contribution >= 4 is 28.2 Å². The van der Waals surface area contributed by atoms with Crippen LogP contribution in [0.15, 0.2) is 30.3 Å². The Morgan fingerprint density at radius 3 is 2.50 bits per heavy atom. The number of primary amides is 1. The van der Waals surface area contributed by atoms with Gasteiger partial charge in [-0.1, -0.05) is 43.2 Å². The molecule has 1 aromatic heterocycles. The zero-order valence-electron chi connectivity index (χ0n) is 13.8. The van der Waals surface area contributed by atoms with Crippen LogP contribution in [0.2, 0.25) is 0 Å². The molecule has 1 aromatic carbocycles. The normalized spacial score (nSPS) is 14.7.